The topological polar surface area (TPSA) is 57.2 Å². The maximum Gasteiger partial charge on any atom is 0.250 e. The smallest absolute Gasteiger partial charge is 0.250 e. The third-order valence-electron chi connectivity index (χ3n) is 2.99. The maximum absolute atomic E-state index is 11.7. The van der Waals surface area contributed by atoms with Crippen molar-refractivity contribution < 1.29 is 4.74 Å². The summed E-state index contributed by atoms with van der Waals surface area (Å²) in [6.07, 6.45) is 0. The number of nitrogens with two attached hydrogens (primary N) is 1. The lowest BCUT2D eigenvalue weighted by atomic mass is 10.2. The van der Waals surface area contributed by atoms with Crippen molar-refractivity contribution in [3.63, 3.8) is 0 Å². The lowest BCUT2D eigenvalue weighted by molar-refractivity contribution is 0.295. The third kappa shape index (κ3) is 3.45. The van der Waals surface area contributed by atoms with Crippen molar-refractivity contribution in [1.82, 2.24) is 4.57 Å². The van der Waals surface area contributed by atoms with Crippen LogP contribution in [0.15, 0.2) is 47.3 Å². The molecule has 0 fully saturated rings. The molecule has 0 bridgehead atoms. The van der Waals surface area contributed by atoms with E-state index in [2.05, 4.69) is 0 Å². The van der Waals surface area contributed by atoms with Gasteiger partial charge in [-0.2, -0.15) is 0 Å². The highest BCUT2D eigenvalue weighted by atomic mass is 16.5. The summed E-state index contributed by atoms with van der Waals surface area (Å²) in [7, 11) is 0. The molecule has 0 aliphatic carbocycles. The monoisotopic (exact) mass is 258 g/mol. The zero-order chi connectivity index (χ0) is 13.7. The fourth-order valence-corrected chi connectivity index (χ4v) is 1.93. The molecule has 0 aliphatic rings. The van der Waals surface area contributed by atoms with Gasteiger partial charge in [-0.25, -0.2) is 0 Å². The van der Waals surface area contributed by atoms with Gasteiger partial charge in [-0.3, -0.25) is 4.79 Å². The SMILES string of the molecule is Cc1cccc(=O)n1CCOc1cccc(CN)c1. The van der Waals surface area contributed by atoms with Gasteiger partial charge in [-0.15, -0.1) is 0 Å². The summed E-state index contributed by atoms with van der Waals surface area (Å²) < 4.78 is 7.35. The van der Waals surface area contributed by atoms with Crippen molar-refractivity contribution in [2.45, 2.75) is 20.0 Å². The van der Waals surface area contributed by atoms with E-state index in [0.29, 0.717) is 19.7 Å². The first-order valence-corrected chi connectivity index (χ1v) is 6.29. The molecule has 2 rings (SSSR count). The van der Waals surface area contributed by atoms with Crippen molar-refractivity contribution in [3.05, 3.63) is 64.1 Å². The second-order valence-electron chi connectivity index (χ2n) is 4.36. The van der Waals surface area contributed by atoms with Crippen molar-refractivity contribution in [3.8, 4) is 5.75 Å². The van der Waals surface area contributed by atoms with E-state index in [0.717, 1.165) is 17.0 Å². The van der Waals surface area contributed by atoms with E-state index in [1.807, 2.05) is 37.3 Å². The van der Waals surface area contributed by atoms with Gasteiger partial charge in [0, 0.05) is 18.3 Å². The van der Waals surface area contributed by atoms with Crippen LogP contribution in [0.25, 0.3) is 0 Å². The van der Waals surface area contributed by atoms with E-state index in [1.54, 1.807) is 16.7 Å². The number of hydrogen-bond acceptors (Lipinski definition) is 3. The third-order valence-corrected chi connectivity index (χ3v) is 2.99. The first kappa shape index (κ1) is 13.4. The molecule has 0 atom stereocenters. The average molecular weight is 258 g/mol. The predicted octanol–water partition coefficient (Wildman–Crippen LogP) is 1.69. The minimum atomic E-state index is -0.000640. The summed E-state index contributed by atoms with van der Waals surface area (Å²) >= 11 is 0. The minimum absolute atomic E-state index is 0.000640. The highest BCUT2D eigenvalue weighted by Gasteiger charge is 2.00. The number of nitrogens with zero attached hydrogens (tertiary/aromatic N) is 1. The van der Waals surface area contributed by atoms with Crippen LogP contribution in [0.2, 0.25) is 0 Å². The molecular formula is C15H18N2O2. The Morgan fingerprint density at radius 3 is 2.74 bits per heavy atom. The predicted molar refractivity (Wildman–Crippen MR) is 75.3 cm³/mol. The largest absolute Gasteiger partial charge is 0.492 e. The molecule has 0 amide bonds. The quantitative estimate of drug-likeness (QED) is 0.888. The van der Waals surface area contributed by atoms with E-state index < -0.39 is 0 Å². The van der Waals surface area contributed by atoms with Crippen LogP contribution in [0, 0.1) is 6.92 Å². The summed E-state index contributed by atoms with van der Waals surface area (Å²) in [6.45, 7) is 3.40. The van der Waals surface area contributed by atoms with E-state index >= 15 is 0 Å². The molecule has 1 aromatic carbocycles. The number of aromatic nitrogens is 1. The number of rotatable bonds is 5. The molecule has 0 spiro atoms. The molecule has 0 unspecified atom stereocenters. The molecule has 0 saturated carbocycles. The van der Waals surface area contributed by atoms with Crippen LogP contribution in [0.4, 0.5) is 0 Å². The lowest BCUT2D eigenvalue weighted by Gasteiger charge is -2.11. The Morgan fingerprint density at radius 2 is 2.00 bits per heavy atom. The standard InChI is InChI=1S/C15H18N2O2/c1-12-4-2-7-15(18)17(12)8-9-19-14-6-3-5-13(10-14)11-16/h2-7,10H,8-9,11,16H2,1H3. The summed E-state index contributed by atoms with van der Waals surface area (Å²) in [5.74, 6) is 0.782. The van der Waals surface area contributed by atoms with Gasteiger partial charge in [0.15, 0.2) is 0 Å². The van der Waals surface area contributed by atoms with Crippen LogP contribution in [0.5, 0.6) is 5.75 Å². The maximum atomic E-state index is 11.7. The van der Waals surface area contributed by atoms with Gasteiger partial charge in [-0.1, -0.05) is 18.2 Å². The van der Waals surface area contributed by atoms with Crippen LogP contribution in [-0.2, 0) is 13.1 Å². The minimum Gasteiger partial charge on any atom is -0.492 e. The van der Waals surface area contributed by atoms with Crippen molar-refractivity contribution in [2.75, 3.05) is 6.61 Å². The number of ether oxygens (including phenoxy) is 1. The van der Waals surface area contributed by atoms with Crippen LogP contribution in [0.3, 0.4) is 0 Å². The molecular weight excluding hydrogens is 240 g/mol. The Hall–Kier alpha value is -2.07. The molecule has 4 heteroatoms. The summed E-state index contributed by atoms with van der Waals surface area (Å²) in [5.41, 5.74) is 7.55. The Bertz CT molecular complexity index is 605. The second-order valence-corrected chi connectivity index (χ2v) is 4.36. The number of pyridine rings is 1. The van der Waals surface area contributed by atoms with Gasteiger partial charge < -0.3 is 15.0 Å². The van der Waals surface area contributed by atoms with E-state index in [4.69, 9.17) is 10.5 Å². The molecule has 1 aromatic heterocycles. The normalized spacial score (nSPS) is 10.4. The number of hydrogen-bond donors (Lipinski definition) is 1. The number of aryl methyl sites for hydroxylation is 1. The Labute approximate surface area is 112 Å². The Balaban J connectivity index is 1.98. The fraction of sp³-hybridized carbons (Fsp3) is 0.267. The zero-order valence-corrected chi connectivity index (χ0v) is 11.0. The van der Waals surface area contributed by atoms with Crippen molar-refractivity contribution in [1.29, 1.82) is 0 Å². The van der Waals surface area contributed by atoms with Gasteiger partial charge in [-0.05, 0) is 30.7 Å². The second kappa shape index (κ2) is 6.20. The van der Waals surface area contributed by atoms with Gasteiger partial charge in [0.05, 0.1) is 6.54 Å². The van der Waals surface area contributed by atoms with Crippen LogP contribution < -0.4 is 16.0 Å². The average Bonchev–Trinajstić information content (AvgIpc) is 2.42. The van der Waals surface area contributed by atoms with Gasteiger partial charge in [0.25, 0.3) is 5.56 Å². The molecule has 100 valence electrons. The van der Waals surface area contributed by atoms with Crippen LogP contribution in [0.1, 0.15) is 11.3 Å². The molecule has 4 nitrogen and oxygen atoms in total. The fourth-order valence-electron chi connectivity index (χ4n) is 1.93. The molecule has 0 radical (unpaired) electrons. The molecule has 19 heavy (non-hydrogen) atoms. The molecule has 2 aromatic rings. The van der Waals surface area contributed by atoms with Crippen molar-refractivity contribution >= 4 is 0 Å². The summed E-state index contributed by atoms with van der Waals surface area (Å²) in [4.78, 5) is 11.7. The summed E-state index contributed by atoms with van der Waals surface area (Å²) in [5, 5.41) is 0. The van der Waals surface area contributed by atoms with E-state index in [-0.39, 0.29) is 5.56 Å². The first-order chi connectivity index (χ1) is 9.20. The van der Waals surface area contributed by atoms with Crippen LogP contribution in [-0.4, -0.2) is 11.2 Å². The van der Waals surface area contributed by atoms with E-state index in [9.17, 15) is 4.79 Å². The van der Waals surface area contributed by atoms with Crippen molar-refractivity contribution in [2.24, 2.45) is 5.73 Å². The molecule has 0 aliphatic heterocycles. The van der Waals surface area contributed by atoms with Gasteiger partial charge >= 0.3 is 0 Å². The highest BCUT2D eigenvalue weighted by Crippen LogP contribution is 2.12. The zero-order valence-electron chi connectivity index (χ0n) is 11.0. The molecule has 2 N–H and O–H groups in total. The van der Waals surface area contributed by atoms with Gasteiger partial charge in [0.1, 0.15) is 12.4 Å². The highest BCUT2D eigenvalue weighted by molar-refractivity contribution is 5.28. The van der Waals surface area contributed by atoms with Crippen LogP contribution >= 0.6 is 0 Å². The molecule has 0 saturated heterocycles. The lowest BCUT2D eigenvalue weighted by Crippen LogP contribution is -2.23. The van der Waals surface area contributed by atoms with E-state index in [1.165, 1.54) is 0 Å². The summed E-state index contributed by atoms with van der Waals surface area (Å²) in [6, 6.07) is 12.9. The number of benzene rings is 1. The molecule has 1 heterocycles. The Morgan fingerprint density at radius 1 is 1.21 bits per heavy atom. The Kier molecular flexibility index (Phi) is 4.36. The first-order valence-electron chi connectivity index (χ1n) is 6.29. The van der Waals surface area contributed by atoms with Gasteiger partial charge in [0.2, 0.25) is 0 Å².